The minimum atomic E-state index is 0.680. The van der Waals surface area contributed by atoms with Gasteiger partial charge < -0.3 is 9.88 Å². The molecule has 0 unspecified atom stereocenters. The van der Waals surface area contributed by atoms with Crippen molar-refractivity contribution in [2.75, 3.05) is 18.0 Å². The van der Waals surface area contributed by atoms with E-state index in [4.69, 9.17) is 11.6 Å². The molecule has 0 radical (unpaired) electrons. The maximum Gasteiger partial charge on any atom is 0.142 e. The van der Waals surface area contributed by atoms with Crippen molar-refractivity contribution in [3.05, 3.63) is 77.7 Å². The number of piperidine rings is 1. The Balaban J connectivity index is 1.28. The van der Waals surface area contributed by atoms with Gasteiger partial charge in [0.1, 0.15) is 17.8 Å². The fourth-order valence-electron chi connectivity index (χ4n) is 4.33. The molecule has 0 aliphatic carbocycles. The van der Waals surface area contributed by atoms with Crippen LogP contribution in [0.3, 0.4) is 0 Å². The highest BCUT2D eigenvalue weighted by molar-refractivity contribution is 6.33. The molecule has 0 saturated carbocycles. The van der Waals surface area contributed by atoms with Crippen molar-refractivity contribution >= 4 is 28.5 Å². The van der Waals surface area contributed by atoms with Gasteiger partial charge in [-0.3, -0.25) is 0 Å². The molecular formula is C24H23ClN4. The Morgan fingerprint density at radius 1 is 1.00 bits per heavy atom. The maximum atomic E-state index is 6.48. The molecule has 1 fully saturated rings. The molecule has 5 rings (SSSR count). The van der Waals surface area contributed by atoms with Crippen LogP contribution in [0.1, 0.15) is 18.4 Å². The van der Waals surface area contributed by atoms with Crippen LogP contribution in [-0.4, -0.2) is 28.0 Å². The third kappa shape index (κ3) is 3.73. The molecule has 1 aliphatic heterocycles. The smallest absolute Gasteiger partial charge is 0.142 e. The molecule has 1 saturated heterocycles. The number of H-pyrrole nitrogens is 1. The molecule has 0 atom stereocenters. The summed E-state index contributed by atoms with van der Waals surface area (Å²) in [4.78, 5) is 14.4. The second kappa shape index (κ2) is 7.88. The lowest BCUT2D eigenvalue weighted by molar-refractivity contribution is 0.403. The number of benzene rings is 2. The van der Waals surface area contributed by atoms with E-state index in [9.17, 15) is 0 Å². The van der Waals surface area contributed by atoms with E-state index >= 15 is 0 Å². The minimum Gasteiger partial charge on any atom is -0.356 e. The number of aromatic amines is 1. The Bertz CT molecular complexity index is 1110. The number of nitrogens with one attached hydrogen (secondary N) is 1. The first-order valence-corrected chi connectivity index (χ1v) is 10.5. The Kier molecular flexibility index (Phi) is 4.94. The fourth-order valence-corrected chi connectivity index (χ4v) is 4.56. The maximum absolute atomic E-state index is 6.48. The van der Waals surface area contributed by atoms with Gasteiger partial charge >= 0.3 is 0 Å². The van der Waals surface area contributed by atoms with E-state index in [1.165, 1.54) is 24.0 Å². The van der Waals surface area contributed by atoms with Gasteiger partial charge in [0.2, 0.25) is 0 Å². The highest BCUT2D eigenvalue weighted by Gasteiger charge is 2.22. The third-order valence-corrected chi connectivity index (χ3v) is 6.22. The van der Waals surface area contributed by atoms with Crippen molar-refractivity contribution < 1.29 is 0 Å². The summed E-state index contributed by atoms with van der Waals surface area (Å²) in [5.41, 5.74) is 4.57. The number of anilines is 1. The zero-order chi connectivity index (χ0) is 19.6. The normalized spacial score (nSPS) is 15.1. The summed E-state index contributed by atoms with van der Waals surface area (Å²) < 4.78 is 0. The lowest BCUT2D eigenvalue weighted by Gasteiger charge is -2.33. The Morgan fingerprint density at radius 2 is 1.83 bits per heavy atom. The van der Waals surface area contributed by atoms with Gasteiger partial charge in [0.05, 0.1) is 5.39 Å². The molecule has 0 amide bonds. The van der Waals surface area contributed by atoms with Crippen molar-refractivity contribution in [1.29, 1.82) is 0 Å². The van der Waals surface area contributed by atoms with E-state index in [-0.39, 0.29) is 0 Å². The van der Waals surface area contributed by atoms with Crippen LogP contribution in [-0.2, 0) is 6.42 Å². The number of nitrogens with zero attached hydrogens (tertiary/aromatic N) is 3. The van der Waals surface area contributed by atoms with Crippen LogP contribution in [0.25, 0.3) is 22.2 Å². The van der Waals surface area contributed by atoms with Crippen molar-refractivity contribution in [2.45, 2.75) is 19.3 Å². The largest absolute Gasteiger partial charge is 0.356 e. The van der Waals surface area contributed by atoms with E-state index < -0.39 is 0 Å². The molecule has 4 aromatic rings. The molecule has 0 bridgehead atoms. The molecule has 3 heterocycles. The number of hydrogen-bond donors (Lipinski definition) is 1. The molecule has 1 N–H and O–H groups in total. The number of halogens is 1. The lowest BCUT2D eigenvalue weighted by Crippen LogP contribution is -2.35. The van der Waals surface area contributed by atoms with Crippen molar-refractivity contribution in [1.82, 2.24) is 15.0 Å². The Labute approximate surface area is 175 Å². The average molecular weight is 403 g/mol. The summed E-state index contributed by atoms with van der Waals surface area (Å²) in [5.74, 6) is 1.73. The van der Waals surface area contributed by atoms with E-state index in [1.54, 1.807) is 6.33 Å². The van der Waals surface area contributed by atoms with E-state index in [2.05, 4.69) is 62.3 Å². The zero-order valence-electron chi connectivity index (χ0n) is 16.2. The van der Waals surface area contributed by atoms with E-state index in [1.807, 2.05) is 18.3 Å². The van der Waals surface area contributed by atoms with E-state index in [0.29, 0.717) is 5.92 Å². The summed E-state index contributed by atoms with van der Waals surface area (Å²) in [7, 11) is 0. The molecular weight excluding hydrogens is 380 g/mol. The quantitative estimate of drug-likeness (QED) is 0.473. The van der Waals surface area contributed by atoms with Gasteiger partial charge in [-0.05, 0) is 54.5 Å². The molecule has 2 aromatic heterocycles. The monoisotopic (exact) mass is 402 g/mol. The summed E-state index contributed by atoms with van der Waals surface area (Å²) in [6, 6.07) is 18.9. The fraction of sp³-hybridized carbons (Fsp3) is 0.250. The van der Waals surface area contributed by atoms with Crippen molar-refractivity contribution in [2.24, 2.45) is 5.92 Å². The topological polar surface area (TPSA) is 44.8 Å². The Morgan fingerprint density at radius 3 is 2.66 bits per heavy atom. The van der Waals surface area contributed by atoms with Crippen LogP contribution < -0.4 is 4.90 Å². The first-order valence-electron chi connectivity index (χ1n) is 10.1. The van der Waals surface area contributed by atoms with Gasteiger partial charge in [-0.2, -0.15) is 0 Å². The lowest BCUT2D eigenvalue weighted by atomic mass is 9.89. The molecule has 146 valence electrons. The predicted molar refractivity (Wildman–Crippen MR) is 119 cm³/mol. The minimum absolute atomic E-state index is 0.680. The number of rotatable bonds is 4. The summed E-state index contributed by atoms with van der Waals surface area (Å²) in [5, 5.41) is 1.92. The van der Waals surface area contributed by atoms with Gasteiger partial charge in [-0.1, -0.05) is 48.0 Å². The van der Waals surface area contributed by atoms with Gasteiger partial charge in [-0.15, -0.1) is 0 Å². The molecule has 5 heteroatoms. The molecule has 1 aliphatic rings. The second-order valence-corrected chi connectivity index (χ2v) is 8.16. The molecule has 2 aromatic carbocycles. The van der Waals surface area contributed by atoms with Crippen LogP contribution in [0.2, 0.25) is 5.02 Å². The summed E-state index contributed by atoms with van der Waals surface area (Å²) in [6.07, 6.45) is 7.01. The van der Waals surface area contributed by atoms with Crippen molar-refractivity contribution in [3.63, 3.8) is 0 Å². The number of fused-ring (bicyclic) bond motifs is 1. The molecule has 4 nitrogen and oxygen atoms in total. The van der Waals surface area contributed by atoms with Crippen LogP contribution in [0.4, 0.5) is 5.82 Å². The van der Waals surface area contributed by atoms with Crippen LogP contribution in [0, 0.1) is 5.92 Å². The number of aromatic nitrogens is 3. The van der Waals surface area contributed by atoms with E-state index in [0.717, 1.165) is 46.9 Å². The van der Waals surface area contributed by atoms with Gasteiger partial charge in [-0.25, -0.2) is 9.97 Å². The first-order chi connectivity index (χ1) is 14.3. The first kappa shape index (κ1) is 18.2. The predicted octanol–water partition coefficient (Wildman–Crippen LogP) is 5.74. The van der Waals surface area contributed by atoms with Gasteiger partial charge in [0, 0.05) is 29.9 Å². The molecule has 0 spiro atoms. The van der Waals surface area contributed by atoms with Crippen LogP contribution >= 0.6 is 11.6 Å². The third-order valence-electron chi connectivity index (χ3n) is 5.89. The van der Waals surface area contributed by atoms with Gasteiger partial charge in [0.15, 0.2) is 0 Å². The summed E-state index contributed by atoms with van der Waals surface area (Å²) in [6.45, 7) is 2.06. The van der Waals surface area contributed by atoms with Crippen LogP contribution in [0.5, 0.6) is 0 Å². The average Bonchev–Trinajstić information content (AvgIpc) is 3.25. The highest BCUT2D eigenvalue weighted by Crippen LogP contribution is 2.32. The summed E-state index contributed by atoms with van der Waals surface area (Å²) >= 11 is 6.48. The SMILES string of the molecule is Clc1ccc(CC2CCN(c3ncnc4[nH]ccc34)CC2)cc1-c1ccccc1. The zero-order valence-corrected chi connectivity index (χ0v) is 16.9. The van der Waals surface area contributed by atoms with Crippen molar-refractivity contribution in [3.8, 4) is 11.1 Å². The second-order valence-electron chi connectivity index (χ2n) is 7.75. The number of hydrogen-bond acceptors (Lipinski definition) is 3. The molecule has 29 heavy (non-hydrogen) atoms. The van der Waals surface area contributed by atoms with Crippen LogP contribution in [0.15, 0.2) is 67.1 Å². The van der Waals surface area contributed by atoms with Gasteiger partial charge in [0.25, 0.3) is 0 Å². The highest BCUT2D eigenvalue weighted by atomic mass is 35.5. The standard InChI is InChI=1S/C24H23ClN4/c25-22-7-6-18(15-21(22)19-4-2-1-3-5-19)14-17-9-12-29(13-10-17)24-20-8-11-26-23(20)27-16-28-24/h1-8,11,15-17H,9-10,12-14H2,(H,26,27,28). The Hall–Kier alpha value is -2.85.